The molecule has 0 radical (unpaired) electrons. The summed E-state index contributed by atoms with van der Waals surface area (Å²) in [6.07, 6.45) is 0.454. The molecule has 0 aromatic heterocycles. The van der Waals surface area contributed by atoms with Crippen LogP contribution in [0.2, 0.25) is 0 Å². The minimum absolute atomic E-state index is 0.109. The maximum absolute atomic E-state index is 9.06. The molecule has 82 valence electrons. The van der Waals surface area contributed by atoms with E-state index in [9.17, 15) is 0 Å². The van der Waals surface area contributed by atoms with Gasteiger partial charge in [-0.3, -0.25) is 0 Å². The summed E-state index contributed by atoms with van der Waals surface area (Å²) in [6, 6.07) is 10.1. The van der Waals surface area contributed by atoms with E-state index in [2.05, 4.69) is 12.1 Å². The van der Waals surface area contributed by atoms with E-state index in [0.29, 0.717) is 12.0 Å². The molecule has 0 saturated carbocycles. The zero-order valence-corrected chi connectivity index (χ0v) is 9.86. The highest BCUT2D eigenvalue weighted by Crippen LogP contribution is 2.25. The predicted octanol–water partition coefficient (Wildman–Crippen LogP) is 2.61. The summed E-state index contributed by atoms with van der Waals surface area (Å²) in [5, 5.41) is 17.7. The van der Waals surface area contributed by atoms with Crippen molar-refractivity contribution in [2.24, 2.45) is 0 Å². The Hall–Kier alpha value is -2.00. The Morgan fingerprint density at radius 3 is 2.62 bits per heavy atom. The fourth-order valence-electron chi connectivity index (χ4n) is 1.71. The molecule has 1 atom stereocenters. The third kappa shape index (κ3) is 2.32. The number of benzene rings is 1. The number of anilines is 1. The lowest BCUT2D eigenvalue weighted by molar-refractivity contribution is 0.700. The van der Waals surface area contributed by atoms with Crippen molar-refractivity contribution >= 4 is 5.69 Å². The number of para-hydroxylation sites is 1. The highest BCUT2D eigenvalue weighted by Gasteiger charge is 2.15. The number of aryl methyl sites for hydroxylation is 1. The minimum Gasteiger partial charge on any atom is -0.370 e. The van der Waals surface area contributed by atoms with Gasteiger partial charge in [-0.1, -0.05) is 12.1 Å². The Kier molecular flexibility index (Phi) is 3.91. The second-order valence-corrected chi connectivity index (χ2v) is 3.91. The van der Waals surface area contributed by atoms with Gasteiger partial charge in [0.2, 0.25) is 0 Å². The normalized spacial score (nSPS) is 11.3. The van der Waals surface area contributed by atoms with E-state index in [1.807, 2.05) is 37.9 Å². The van der Waals surface area contributed by atoms with Crippen molar-refractivity contribution in [2.45, 2.75) is 26.3 Å². The topological polar surface area (TPSA) is 50.8 Å². The minimum atomic E-state index is 0.109. The Bertz CT molecular complexity index is 451. The summed E-state index contributed by atoms with van der Waals surface area (Å²) in [7, 11) is 1.92. The molecule has 1 aromatic rings. The average Bonchev–Trinajstić information content (AvgIpc) is 2.28. The smallest absolute Gasteiger partial charge is 0.101 e. The Morgan fingerprint density at radius 2 is 2.06 bits per heavy atom. The van der Waals surface area contributed by atoms with Crippen LogP contribution in [0.3, 0.4) is 0 Å². The van der Waals surface area contributed by atoms with Crippen LogP contribution in [0.4, 0.5) is 5.69 Å². The fraction of sp³-hybridized carbons (Fsp3) is 0.385. The summed E-state index contributed by atoms with van der Waals surface area (Å²) < 4.78 is 0. The molecule has 0 saturated heterocycles. The number of hydrogen-bond donors (Lipinski definition) is 0. The molecule has 0 amide bonds. The molecule has 0 fully saturated rings. The van der Waals surface area contributed by atoms with Crippen LogP contribution in [-0.2, 0) is 0 Å². The highest BCUT2D eigenvalue weighted by molar-refractivity contribution is 5.64. The van der Waals surface area contributed by atoms with Crippen LogP contribution >= 0.6 is 0 Å². The maximum atomic E-state index is 9.06. The van der Waals surface area contributed by atoms with Gasteiger partial charge in [0.1, 0.15) is 6.07 Å². The first-order valence-corrected chi connectivity index (χ1v) is 5.21. The van der Waals surface area contributed by atoms with E-state index in [1.54, 1.807) is 6.07 Å². The third-order valence-electron chi connectivity index (χ3n) is 2.76. The molecular weight excluding hydrogens is 198 g/mol. The van der Waals surface area contributed by atoms with Crippen LogP contribution in [0.1, 0.15) is 24.5 Å². The van der Waals surface area contributed by atoms with Crippen LogP contribution in [0.15, 0.2) is 18.2 Å². The quantitative estimate of drug-likeness (QED) is 0.775. The molecule has 0 aliphatic rings. The number of rotatable bonds is 3. The summed E-state index contributed by atoms with van der Waals surface area (Å²) in [6.45, 7) is 3.96. The molecule has 0 heterocycles. The van der Waals surface area contributed by atoms with Crippen molar-refractivity contribution in [2.75, 3.05) is 11.9 Å². The summed E-state index contributed by atoms with van der Waals surface area (Å²) >= 11 is 0. The van der Waals surface area contributed by atoms with Gasteiger partial charge in [0, 0.05) is 13.1 Å². The fourth-order valence-corrected chi connectivity index (χ4v) is 1.71. The van der Waals surface area contributed by atoms with E-state index in [1.165, 1.54) is 0 Å². The summed E-state index contributed by atoms with van der Waals surface area (Å²) in [5.74, 6) is 0. The molecule has 1 unspecified atom stereocenters. The van der Waals surface area contributed by atoms with Crippen molar-refractivity contribution < 1.29 is 0 Å². The van der Waals surface area contributed by atoms with Crippen LogP contribution in [0.25, 0.3) is 0 Å². The number of hydrogen-bond acceptors (Lipinski definition) is 3. The van der Waals surface area contributed by atoms with Gasteiger partial charge in [-0.2, -0.15) is 10.5 Å². The van der Waals surface area contributed by atoms with Crippen LogP contribution in [-0.4, -0.2) is 13.1 Å². The Balaban J connectivity index is 3.13. The third-order valence-corrected chi connectivity index (χ3v) is 2.76. The van der Waals surface area contributed by atoms with Crippen LogP contribution in [0, 0.1) is 29.6 Å². The molecule has 1 rings (SSSR count). The van der Waals surface area contributed by atoms with Crippen molar-refractivity contribution in [3.63, 3.8) is 0 Å². The van der Waals surface area contributed by atoms with Gasteiger partial charge in [0.25, 0.3) is 0 Å². The number of nitriles is 2. The van der Waals surface area contributed by atoms with Gasteiger partial charge >= 0.3 is 0 Å². The van der Waals surface area contributed by atoms with Gasteiger partial charge in [-0.15, -0.1) is 0 Å². The van der Waals surface area contributed by atoms with E-state index in [-0.39, 0.29) is 6.04 Å². The van der Waals surface area contributed by atoms with Gasteiger partial charge < -0.3 is 4.90 Å². The Morgan fingerprint density at radius 1 is 1.38 bits per heavy atom. The number of nitrogens with zero attached hydrogens (tertiary/aromatic N) is 3. The monoisotopic (exact) mass is 213 g/mol. The van der Waals surface area contributed by atoms with Crippen LogP contribution < -0.4 is 4.90 Å². The average molecular weight is 213 g/mol. The lowest BCUT2D eigenvalue weighted by Gasteiger charge is -2.27. The van der Waals surface area contributed by atoms with Gasteiger partial charge in [0.15, 0.2) is 0 Å². The molecule has 1 aromatic carbocycles. The van der Waals surface area contributed by atoms with E-state index >= 15 is 0 Å². The van der Waals surface area contributed by atoms with Gasteiger partial charge in [-0.05, 0) is 25.5 Å². The predicted molar refractivity (Wildman–Crippen MR) is 64.0 cm³/mol. The molecule has 0 aliphatic carbocycles. The van der Waals surface area contributed by atoms with Crippen molar-refractivity contribution in [1.29, 1.82) is 10.5 Å². The summed E-state index contributed by atoms with van der Waals surface area (Å²) in [4.78, 5) is 2.00. The van der Waals surface area contributed by atoms with Crippen molar-refractivity contribution in [3.05, 3.63) is 29.3 Å². The standard InChI is InChI=1S/C13H15N3/c1-10-5-4-6-12(9-15)13(10)16(3)11(2)7-8-14/h4-6,11H,7H2,1-3H3. The van der Waals surface area contributed by atoms with E-state index in [4.69, 9.17) is 10.5 Å². The molecular formula is C13H15N3. The SMILES string of the molecule is Cc1cccc(C#N)c1N(C)C(C)CC#N. The van der Waals surface area contributed by atoms with Crippen molar-refractivity contribution in [3.8, 4) is 12.1 Å². The second kappa shape index (κ2) is 5.19. The van der Waals surface area contributed by atoms with E-state index < -0.39 is 0 Å². The first-order chi connectivity index (χ1) is 7.61. The summed E-state index contributed by atoms with van der Waals surface area (Å²) in [5.41, 5.74) is 2.64. The molecule has 16 heavy (non-hydrogen) atoms. The van der Waals surface area contributed by atoms with Crippen LogP contribution in [0.5, 0.6) is 0 Å². The highest BCUT2D eigenvalue weighted by atomic mass is 15.1. The van der Waals surface area contributed by atoms with Crippen molar-refractivity contribution in [1.82, 2.24) is 0 Å². The molecule has 0 bridgehead atoms. The molecule has 0 aliphatic heterocycles. The zero-order valence-electron chi connectivity index (χ0n) is 9.86. The maximum Gasteiger partial charge on any atom is 0.101 e. The first-order valence-electron chi connectivity index (χ1n) is 5.21. The molecule has 3 nitrogen and oxygen atoms in total. The van der Waals surface area contributed by atoms with E-state index in [0.717, 1.165) is 11.3 Å². The largest absolute Gasteiger partial charge is 0.370 e. The molecule has 0 N–H and O–H groups in total. The first kappa shape index (κ1) is 12.1. The second-order valence-electron chi connectivity index (χ2n) is 3.91. The lowest BCUT2D eigenvalue weighted by Crippen LogP contribution is -2.29. The molecule has 0 spiro atoms. The van der Waals surface area contributed by atoms with Gasteiger partial charge in [-0.25, -0.2) is 0 Å². The molecule has 3 heteroatoms. The van der Waals surface area contributed by atoms with Gasteiger partial charge in [0.05, 0.1) is 23.7 Å². The zero-order chi connectivity index (χ0) is 12.1. The lowest BCUT2D eigenvalue weighted by atomic mass is 10.1. The Labute approximate surface area is 96.5 Å².